The highest BCUT2D eigenvalue weighted by molar-refractivity contribution is 9.10. The van der Waals surface area contributed by atoms with E-state index in [2.05, 4.69) is 21.2 Å². The van der Waals surface area contributed by atoms with Crippen LogP contribution in [0.5, 0.6) is 0 Å². The van der Waals surface area contributed by atoms with E-state index in [-0.39, 0.29) is 11.9 Å². The van der Waals surface area contributed by atoms with Gasteiger partial charge in [-0.05, 0) is 47.5 Å². The molecule has 0 aliphatic rings. The molecule has 1 amide bonds. The summed E-state index contributed by atoms with van der Waals surface area (Å²) in [6.45, 7) is 5.19. The van der Waals surface area contributed by atoms with Crippen LogP contribution in [0.15, 0.2) is 22.7 Å². The van der Waals surface area contributed by atoms with E-state index in [1.807, 2.05) is 32.0 Å². The molecule has 1 N–H and O–H groups in total. The predicted molar refractivity (Wildman–Crippen MR) is 78.8 cm³/mol. The molecule has 0 saturated heterocycles. The first kappa shape index (κ1) is 15.5. The molecule has 0 aromatic heterocycles. The van der Waals surface area contributed by atoms with E-state index in [9.17, 15) is 4.79 Å². The van der Waals surface area contributed by atoms with Crippen LogP contribution >= 0.6 is 27.5 Å². The molecule has 0 fully saturated rings. The molecule has 18 heavy (non-hydrogen) atoms. The van der Waals surface area contributed by atoms with E-state index in [0.717, 1.165) is 16.6 Å². The molecule has 1 rings (SSSR count). The zero-order valence-corrected chi connectivity index (χ0v) is 13.2. The van der Waals surface area contributed by atoms with E-state index in [1.54, 1.807) is 11.9 Å². The van der Waals surface area contributed by atoms with Crippen molar-refractivity contribution < 1.29 is 4.79 Å². The van der Waals surface area contributed by atoms with Gasteiger partial charge in [-0.25, -0.2) is 0 Å². The second kappa shape index (κ2) is 7.12. The second-order valence-electron chi connectivity index (χ2n) is 4.20. The summed E-state index contributed by atoms with van der Waals surface area (Å²) < 4.78 is 0.869. The van der Waals surface area contributed by atoms with Crippen molar-refractivity contribution in [3.8, 4) is 0 Å². The van der Waals surface area contributed by atoms with Gasteiger partial charge in [0, 0.05) is 24.6 Å². The van der Waals surface area contributed by atoms with Gasteiger partial charge in [-0.15, -0.1) is 0 Å². The molecule has 0 spiro atoms. The van der Waals surface area contributed by atoms with Gasteiger partial charge in [-0.2, -0.15) is 0 Å². The third kappa shape index (κ3) is 4.26. The fourth-order valence-corrected chi connectivity index (χ4v) is 2.04. The number of carbonyl (C=O) groups is 1. The number of rotatable bonds is 5. The van der Waals surface area contributed by atoms with Crippen LogP contribution in [0.3, 0.4) is 0 Å². The Balaban J connectivity index is 2.54. The summed E-state index contributed by atoms with van der Waals surface area (Å²) in [5.74, 6) is 0.102. The topological polar surface area (TPSA) is 32.3 Å². The summed E-state index contributed by atoms with van der Waals surface area (Å²) in [7, 11) is 1.80. The van der Waals surface area contributed by atoms with Gasteiger partial charge in [-0.3, -0.25) is 4.79 Å². The van der Waals surface area contributed by atoms with Gasteiger partial charge in [0.2, 0.25) is 5.91 Å². The number of benzene rings is 1. The molecule has 3 nitrogen and oxygen atoms in total. The third-order valence-electron chi connectivity index (χ3n) is 2.82. The van der Waals surface area contributed by atoms with Crippen molar-refractivity contribution >= 4 is 33.4 Å². The average molecular weight is 334 g/mol. The lowest BCUT2D eigenvalue weighted by Gasteiger charge is -2.20. The van der Waals surface area contributed by atoms with Crippen LogP contribution in [0, 0.1) is 0 Å². The molecule has 0 aliphatic carbocycles. The van der Waals surface area contributed by atoms with Crippen LogP contribution in [0.4, 0.5) is 0 Å². The van der Waals surface area contributed by atoms with Crippen molar-refractivity contribution in [3.63, 3.8) is 0 Å². The summed E-state index contributed by atoms with van der Waals surface area (Å²) in [6, 6.07) is 5.55. The van der Waals surface area contributed by atoms with Crippen molar-refractivity contribution in [2.24, 2.45) is 0 Å². The number of halogens is 2. The zero-order chi connectivity index (χ0) is 13.7. The SMILES string of the molecule is CCN(C)C(=O)C(C)NCc1ccc(Cl)c(Br)c1. The molecule has 1 atom stereocenters. The summed E-state index contributed by atoms with van der Waals surface area (Å²) in [4.78, 5) is 13.6. The molecule has 0 heterocycles. The molecule has 100 valence electrons. The number of nitrogens with one attached hydrogen (secondary N) is 1. The number of likely N-dealkylation sites (N-methyl/N-ethyl adjacent to an activating group) is 1. The molecule has 0 bridgehead atoms. The van der Waals surface area contributed by atoms with Crippen LogP contribution in [0.2, 0.25) is 5.02 Å². The highest BCUT2D eigenvalue weighted by Crippen LogP contribution is 2.23. The lowest BCUT2D eigenvalue weighted by Crippen LogP contribution is -2.42. The van der Waals surface area contributed by atoms with Gasteiger partial charge in [0.1, 0.15) is 0 Å². The normalized spacial score (nSPS) is 12.3. The number of nitrogens with zero attached hydrogens (tertiary/aromatic N) is 1. The van der Waals surface area contributed by atoms with Crippen LogP contribution in [-0.4, -0.2) is 30.4 Å². The van der Waals surface area contributed by atoms with Gasteiger partial charge < -0.3 is 10.2 Å². The van der Waals surface area contributed by atoms with Gasteiger partial charge in [-0.1, -0.05) is 17.7 Å². The Labute approximate surface area is 122 Å². The van der Waals surface area contributed by atoms with Crippen LogP contribution in [0.1, 0.15) is 19.4 Å². The zero-order valence-electron chi connectivity index (χ0n) is 10.8. The van der Waals surface area contributed by atoms with Gasteiger partial charge >= 0.3 is 0 Å². The first-order valence-electron chi connectivity index (χ1n) is 5.88. The molecule has 0 aliphatic heterocycles. The number of carbonyl (C=O) groups excluding carboxylic acids is 1. The van der Waals surface area contributed by atoms with Crippen molar-refractivity contribution in [2.75, 3.05) is 13.6 Å². The molecular formula is C13H18BrClN2O. The van der Waals surface area contributed by atoms with Crippen molar-refractivity contribution in [1.29, 1.82) is 0 Å². The Kier molecular flexibility index (Phi) is 6.12. The van der Waals surface area contributed by atoms with Crippen molar-refractivity contribution in [1.82, 2.24) is 10.2 Å². The first-order valence-corrected chi connectivity index (χ1v) is 7.05. The fraction of sp³-hybridized carbons (Fsp3) is 0.462. The lowest BCUT2D eigenvalue weighted by molar-refractivity contribution is -0.131. The minimum absolute atomic E-state index is 0.102. The maximum atomic E-state index is 11.8. The predicted octanol–water partition coefficient (Wildman–Crippen LogP) is 3.06. The minimum atomic E-state index is -0.190. The smallest absolute Gasteiger partial charge is 0.239 e. The van der Waals surface area contributed by atoms with E-state index in [0.29, 0.717) is 11.6 Å². The quantitative estimate of drug-likeness (QED) is 0.898. The number of hydrogen-bond acceptors (Lipinski definition) is 2. The summed E-state index contributed by atoms with van der Waals surface area (Å²) in [5, 5.41) is 3.89. The molecule has 1 unspecified atom stereocenters. The minimum Gasteiger partial charge on any atom is -0.345 e. The molecule has 1 aromatic rings. The van der Waals surface area contributed by atoms with Crippen LogP contribution in [0.25, 0.3) is 0 Å². The molecule has 0 saturated carbocycles. The van der Waals surface area contributed by atoms with Crippen molar-refractivity contribution in [3.05, 3.63) is 33.3 Å². The molecule has 5 heteroatoms. The maximum absolute atomic E-state index is 11.8. The van der Waals surface area contributed by atoms with Crippen molar-refractivity contribution in [2.45, 2.75) is 26.4 Å². The van der Waals surface area contributed by atoms with Crippen LogP contribution < -0.4 is 5.32 Å². The van der Waals surface area contributed by atoms with E-state index in [1.165, 1.54) is 0 Å². The molecule has 1 aromatic carbocycles. The largest absolute Gasteiger partial charge is 0.345 e. The second-order valence-corrected chi connectivity index (χ2v) is 5.47. The van der Waals surface area contributed by atoms with Gasteiger partial charge in [0.25, 0.3) is 0 Å². The number of amides is 1. The molecular weight excluding hydrogens is 316 g/mol. The fourth-order valence-electron chi connectivity index (χ4n) is 1.49. The standard InChI is InChI=1S/C13H18BrClN2O/c1-4-17(3)13(18)9(2)16-8-10-5-6-12(15)11(14)7-10/h5-7,9,16H,4,8H2,1-3H3. The van der Waals surface area contributed by atoms with Gasteiger partial charge in [0.05, 0.1) is 11.1 Å². The highest BCUT2D eigenvalue weighted by Gasteiger charge is 2.15. The van der Waals surface area contributed by atoms with E-state index >= 15 is 0 Å². The summed E-state index contributed by atoms with van der Waals surface area (Å²) in [6.07, 6.45) is 0. The Hall–Kier alpha value is -0.580. The Morgan fingerprint density at radius 1 is 1.56 bits per heavy atom. The molecule has 0 radical (unpaired) electrons. The maximum Gasteiger partial charge on any atom is 0.239 e. The third-order valence-corrected chi connectivity index (χ3v) is 4.03. The first-order chi connectivity index (χ1) is 8.45. The van der Waals surface area contributed by atoms with Crippen LogP contribution in [-0.2, 0) is 11.3 Å². The number of hydrogen-bond donors (Lipinski definition) is 1. The van der Waals surface area contributed by atoms with E-state index < -0.39 is 0 Å². The Morgan fingerprint density at radius 2 is 2.22 bits per heavy atom. The monoisotopic (exact) mass is 332 g/mol. The van der Waals surface area contributed by atoms with E-state index in [4.69, 9.17) is 11.6 Å². The average Bonchev–Trinajstić information content (AvgIpc) is 2.37. The Morgan fingerprint density at radius 3 is 2.78 bits per heavy atom. The lowest BCUT2D eigenvalue weighted by atomic mass is 10.2. The van der Waals surface area contributed by atoms with Gasteiger partial charge in [0.15, 0.2) is 0 Å². The summed E-state index contributed by atoms with van der Waals surface area (Å²) in [5.41, 5.74) is 1.09. The summed E-state index contributed by atoms with van der Waals surface area (Å²) >= 11 is 9.31. The Bertz CT molecular complexity index is 425. The highest BCUT2D eigenvalue weighted by atomic mass is 79.9.